The number of nitrogens with zero attached hydrogens (tertiary/aromatic N) is 1. The monoisotopic (exact) mass is 413 g/mol. The molecule has 1 heterocycles. The van der Waals surface area contributed by atoms with Gasteiger partial charge in [-0.05, 0) is 59.7 Å². The molecule has 1 aliphatic rings. The van der Waals surface area contributed by atoms with Crippen LogP contribution < -0.4 is 0 Å². The number of ether oxygens (including phenoxy) is 2. The molecular weight excluding hydrogens is 374 g/mol. The Morgan fingerprint density at radius 1 is 1.21 bits per heavy atom. The first-order chi connectivity index (χ1) is 12.4. The van der Waals surface area contributed by atoms with Crippen LogP contribution in [0.1, 0.15) is 62.3 Å². The molecule has 0 aromatic rings. The molecule has 1 amide bonds. The fourth-order valence-corrected chi connectivity index (χ4v) is 3.97. The van der Waals surface area contributed by atoms with Crippen molar-refractivity contribution in [3.8, 4) is 11.8 Å². The zero-order valence-corrected chi connectivity index (χ0v) is 20.5. The number of aliphatic hydroxyl groups excluding tert-OH is 1. The van der Waals surface area contributed by atoms with Crippen LogP contribution in [0.25, 0.3) is 0 Å². The maximum absolute atomic E-state index is 12.7. The molecule has 1 rings (SSSR count). The Kier molecular flexibility index (Phi) is 7.44. The lowest BCUT2D eigenvalue weighted by Gasteiger charge is -2.37. The molecule has 7 heteroatoms. The van der Waals surface area contributed by atoms with E-state index in [0.717, 1.165) is 0 Å². The first kappa shape index (κ1) is 25.0. The molecule has 0 radical (unpaired) electrons. The predicted molar refractivity (Wildman–Crippen MR) is 113 cm³/mol. The first-order valence-corrected chi connectivity index (χ1v) is 12.8. The average Bonchev–Trinajstić information content (AvgIpc) is 2.76. The molecule has 0 saturated carbocycles. The lowest BCUT2D eigenvalue weighted by Crippen LogP contribution is -2.53. The zero-order chi connectivity index (χ0) is 22.1. The molecule has 0 bridgehead atoms. The van der Waals surface area contributed by atoms with E-state index in [1.54, 1.807) is 34.6 Å². The number of carbonyl (C=O) groups excluding carboxylic acids is 1. The van der Waals surface area contributed by atoms with Crippen LogP contribution in [0.4, 0.5) is 4.79 Å². The molecule has 1 aliphatic heterocycles. The smallest absolute Gasteiger partial charge is 0.413 e. The highest BCUT2D eigenvalue weighted by molar-refractivity contribution is 6.74. The second kappa shape index (κ2) is 8.35. The number of carbonyl (C=O) groups is 1. The summed E-state index contributed by atoms with van der Waals surface area (Å²) >= 11 is 0. The molecule has 0 aliphatic carbocycles. The number of aliphatic hydroxyl groups is 1. The van der Waals surface area contributed by atoms with Gasteiger partial charge in [-0.2, -0.15) is 0 Å². The van der Waals surface area contributed by atoms with E-state index in [0.29, 0.717) is 0 Å². The molecule has 162 valence electrons. The van der Waals surface area contributed by atoms with E-state index in [9.17, 15) is 9.90 Å². The Morgan fingerprint density at radius 3 is 2.21 bits per heavy atom. The molecular formula is C21H39NO5Si. The van der Waals surface area contributed by atoms with Gasteiger partial charge >= 0.3 is 6.09 Å². The van der Waals surface area contributed by atoms with Crippen LogP contribution >= 0.6 is 0 Å². The van der Waals surface area contributed by atoms with Crippen molar-refractivity contribution in [1.29, 1.82) is 0 Å². The maximum atomic E-state index is 12.7. The molecule has 1 fully saturated rings. The van der Waals surface area contributed by atoms with Gasteiger partial charge in [0.25, 0.3) is 0 Å². The van der Waals surface area contributed by atoms with E-state index in [1.807, 2.05) is 6.92 Å². The fourth-order valence-electron chi connectivity index (χ4n) is 2.68. The summed E-state index contributed by atoms with van der Waals surface area (Å²) in [6.45, 7) is 21.9. The van der Waals surface area contributed by atoms with E-state index in [4.69, 9.17) is 13.9 Å². The van der Waals surface area contributed by atoms with Crippen LogP contribution in [0.5, 0.6) is 0 Å². The molecule has 0 aromatic heterocycles. The highest BCUT2D eigenvalue weighted by Crippen LogP contribution is 2.37. The third-order valence-electron chi connectivity index (χ3n) is 5.19. The molecule has 1 N–H and O–H groups in total. The number of rotatable bonds is 3. The second-order valence-electron chi connectivity index (χ2n) is 10.4. The van der Waals surface area contributed by atoms with Crippen molar-refractivity contribution in [3.05, 3.63) is 0 Å². The maximum Gasteiger partial charge on any atom is 0.413 e. The van der Waals surface area contributed by atoms with E-state index < -0.39 is 37.9 Å². The number of amides is 1. The van der Waals surface area contributed by atoms with Crippen LogP contribution in [-0.4, -0.2) is 60.6 Å². The van der Waals surface area contributed by atoms with Crippen molar-refractivity contribution in [3.63, 3.8) is 0 Å². The molecule has 3 atom stereocenters. The standard InChI is InChI=1S/C21H39NO5Si/c1-15(27-28(10,11)20(5,6)7)12-13-17(23)16-14-25-21(8,9)22(16)18(24)26-19(2,3)4/h15-17,23H,14H2,1-11H3/t15-,16-,17-/m1/s1. The molecule has 0 spiro atoms. The summed E-state index contributed by atoms with van der Waals surface area (Å²) in [5.41, 5.74) is -1.51. The topological polar surface area (TPSA) is 68.2 Å². The molecule has 28 heavy (non-hydrogen) atoms. The summed E-state index contributed by atoms with van der Waals surface area (Å²) in [6.07, 6.45) is -1.88. The number of hydrogen-bond acceptors (Lipinski definition) is 5. The number of hydrogen-bond donors (Lipinski definition) is 1. The van der Waals surface area contributed by atoms with E-state index >= 15 is 0 Å². The lowest BCUT2D eigenvalue weighted by molar-refractivity contribution is -0.0658. The minimum absolute atomic E-state index is 0.0817. The molecule has 0 aromatic carbocycles. The van der Waals surface area contributed by atoms with E-state index in [-0.39, 0.29) is 17.7 Å². The fraction of sp³-hybridized carbons (Fsp3) is 0.857. The summed E-state index contributed by atoms with van der Waals surface area (Å²) in [6, 6.07) is -0.600. The normalized spacial score (nSPS) is 22.3. The highest BCUT2D eigenvalue weighted by Gasteiger charge is 2.48. The van der Waals surface area contributed by atoms with E-state index in [1.165, 1.54) is 4.90 Å². The van der Waals surface area contributed by atoms with Crippen LogP contribution in [0.15, 0.2) is 0 Å². The Bertz CT molecular complexity index is 621. The Hall–Kier alpha value is -1.07. The van der Waals surface area contributed by atoms with Gasteiger partial charge in [-0.15, -0.1) is 0 Å². The van der Waals surface area contributed by atoms with Crippen LogP contribution in [0.3, 0.4) is 0 Å². The lowest BCUT2D eigenvalue weighted by atomic mass is 10.1. The second-order valence-corrected chi connectivity index (χ2v) is 15.2. The van der Waals surface area contributed by atoms with Gasteiger partial charge < -0.3 is 19.0 Å². The van der Waals surface area contributed by atoms with Crippen molar-refractivity contribution in [2.24, 2.45) is 0 Å². The first-order valence-electron chi connectivity index (χ1n) is 9.90. The van der Waals surface area contributed by atoms with Crippen LogP contribution in [0.2, 0.25) is 18.1 Å². The average molecular weight is 414 g/mol. The summed E-state index contributed by atoms with van der Waals surface area (Å²) in [5, 5.41) is 10.7. The Morgan fingerprint density at radius 2 is 1.75 bits per heavy atom. The van der Waals surface area contributed by atoms with Gasteiger partial charge in [0, 0.05) is 0 Å². The van der Waals surface area contributed by atoms with Gasteiger partial charge in [0.05, 0.1) is 12.6 Å². The summed E-state index contributed by atoms with van der Waals surface area (Å²) in [5.74, 6) is 5.86. The minimum atomic E-state index is -1.95. The highest BCUT2D eigenvalue weighted by atomic mass is 28.4. The largest absolute Gasteiger partial charge is 0.444 e. The van der Waals surface area contributed by atoms with Gasteiger partial charge in [-0.3, -0.25) is 4.90 Å². The zero-order valence-electron chi connectivity index (χ0n) is 19.5. The van der Waals surface area contributed by atoms with Gasteiger partial charge in [-0.25, -0.2) is 4.79 Å². The third-order valence-corrected chi connectivity index (χ3v) is 9.74. The van der Waals surface area contributed by atoms with Gasteiger partial charge in [-0.1, -0.05) is 32.6 Å². The van der Waals surface area contributed by atoms with Gasteiger partial charge in [0.2, 0.25) is 0 Å². The minimum Gasteiger partial charge on any atom is -0.444 e. The Labute approximate surface area is 172 Å². The van der Waals surface area contributed by atoms with Crippen LogP contribution in [-0.2, 0) is 13.9 Å². The third kappa shape index (κ3) is 6.48. The van der Waals surface area contributed by atoms with Crippen LogP contribution in [0, 0.1) is 11.8 Å². The van der Waals surface area contributed by atoms with Crippen molar-refractivity contribution in [1.82, 2.24) is 4.90 Å². The van der Waals surface area contributed by atoms with E-state index in [2.05, 4.69) is 45.7 Å². The van der Waals surface area contributed by atoms with Gasteiger partial charge in [0.15, 0.2) is 8.32 Å². The summed E-state index contributed by atoms with van der Waals surface area (Å²) < 4.78 is 17.4. The summed E-state index contributed by atoms with van der Waals surface area (Å²) in [4.78, 5) is 14.1. The molecule has 6 nitrogen and oxygen atoms in total. The Balaban J connectivity index is 2.92. The van der Waals surface area contributed by atoms with Crippen molar-refractivity contribution in [2.45, 2.75) is 110 Å². The SMILES string of the molecule is C[C@H](C#C[C@@H](O)[C@H]1COC(C)(C)N1C(=O)OC(C)(C)C)O[Si](C)(C)C(C)(C)C. The molecule has 0 unspecified atom stereocenters. The molecule has 1 saturated heterocycles. The quantitative estimate of drug-likeness (QED) is 0.556. The predicted octanol–water partition coefficient (Wildman–Crippen LogP) is 4.13. The van der Waals surface area contributed by atoms with Crippen molar-refractivity contribution in [2.75, 3.05) is 6.61 Å². The van der Waals surface area contributed by atoms with Crippen molar-refractivity contribution >= 4 is 14.4 Å². The van der Waals surface area contributed by atoms with Crippen molar-refractivity contribution < 1.29 is 23.8 Å². The van der Waals surface area contributed by atoms with Gasteiger partial charge in [0.1, 0.15) is 23.5 Å². The summed E-state index contributed by atoms with van der Waals surface area (Å²) in [7, 11) is -1.95.